The van der Waals surface area contributed by atoms with Crippen molar-refractivity contribution in [2.75, 3.05) is 5.32 Å². The quantitative estimate of drug-likeness (QED) is 0.785. The van der Waals surface area contributed by atoms with E-state index >= 15 is 0 Å². The van der Waals surface area contributed by atoms with E-state index in [0.29, 0.717) is 22.6 Å². The van der Waals surface area contributed by atoms with Crippen LogP contribution < -0.4 is 10.9 Å². The van der Waals surface area contributed by atoms with Crippen molar-refractivity contribution in [2.45, 2.75) is 12.5 Å². The van der Waals surface area contributed by atoms with Gasteiger partial charge in [-0.15, -0.1) is 0 Å². The molecule has 23 heavy (non-hydrogen) atoms. The molecule has 0 saturated heterocycles. The summed E-state index contributed by atoms with van der Waals surface area (Å²) in [5, 5.41) is 4.61. The zero-order valence-corrected chi connectivity index (χ0v) is 12.9. The second kappa shape index (κ2) is 5.25. The molecule has 1 aliphatic rings. The van der Waals surface area contributed by atoms with Gasteiger partial charge in [-0.05, 0) is 29.1 Å². The molecule has 114 valence electrons. The van der Waals surface area contributed by atoms with Crippen molar-refractivity contribution in [3.63, 3.8) is 0 Å². The number of hydrogen-bond acceptors (Lipinski definition) is 2. The normalized spacial score (nSPS) is 16.4. The number of rotatable bonds is 2. The monoisotopic (exact) mass is 324 g/mol. The summed E-state index contributed by atoms with van der Waals surface area (Å²) in [4.78, 5) is 25.2. The second-order valence-corrected chi connectivity index (χ2v) is 6.07. The first-order chi connectivity index (χ1) is 11.1. The number of carbonyl (C=O) groups is 1. The summed E-state index contributed by atoms with van der Waals surface area (Å²) in [5.41, 5.74) is 0.817. The van der Waals surface area contributed by atoms with Gasteiger partial charge in [-0.3, -0.25) is 14.2 Å². The second-order valence-electron chi connectivity index (χ2n) is 5.63. The highest BCUT2D eigenvalue weighted by Gasteiger charge is 2.31. The summed E-state index contributed by atoms with van der Waals surface area (Å²) >= 11 is 6.01. The Hall–Kier alpha value is -2.59. The van der Waals surface area contributed by atoms with Crippen LogP contribution in [0.15, 0.2) is 59.4 Å². The molecule has 1 aliphatic heterocycles. The Kier molecular flexibility index (Phi) is 3.20. The molecule has 4 rings (SSSR count). The lowest BCUT2D eigenvalue weighted by Gasteiger charge is -2.12. The molecule has 0 aliphatic carbocycles. The van der Waals surface area contributed by atoms with Gasteiger partial charge in [-0.1, -0.05) is 48.0 Å². The molecule has 5 heteroatoms. The van der Waals surface area contributed by atoms with Crippen molar-refractivity contribution in [3.05, 3.63) is 75.5 Å². The Labute approximate surface area is 137 Å². The van der Waals surface area contributed by atoms with Gasteiger partial charge >= 0.3 is 0 Å². The lowest BCUT2D eigenvalue weighted by atomic mass is 10.1. The number of amides is 1. The van der Waals surface area contributed by atoms with Crippen molar-refractivity contribution >= 4 is 34.1 Å². The molecule has 1 atom stereocenters. The number of pyridine rings is 1. The first-order valence-corrected chi connectivity index (χ1v) is 7.71. The van der Waals surface area contributed by atoms with E-state index in [1.807, 2.05) is 36.4 Å². The van der Waals surface area contributed by atoms with Gasteiger partial charge < -0.3 is 5.32 Å². The van der Waals surface area contributed by atoms with Gasteiger partial charge in [-0.25, -0.2) is 0 Å². The number of fused-ring (bicyclic) bond motifs is 2. The highest BCUT2D eigenvalue weighted by Crippen LogP contribution is 2.29. The number of hydrogen-bond donors (Lipinski definition) is 1. The Morgan fingerprint density at radius 2 is 1.83 bits per heavy atom. The van der Waals surface area contributed by atoms with Gasteiger partial charge in [0.25, 0.3) is 5.56 Å². The van der Waals surface area contributed by atoms with Crippen LogP contribution in [0.5, 0.6) is 0 Å². The SMILES string of the molecule is O=C1Nc2cc3ccc(Cl)cc3c(=O)n2C1Cc1ccccc1. The van der Waals surface area contributed by atoms with Crippen molar-refractivity contribution in [3.8, 4) is 0 Å². The third-order valence-corrected chi connectivity index (χ3v) is 4.39. The lowest BCUT2D eigenvalue weighted by molar-refractivity contribution is -0.118. The van der Waals surface area contributed by atoms with Crippen LogP contribution in [0.4, 0.5) is 5.82 Å². The molecular formula is C18H13ClN2O2. The van der Waals surface area contributed by atoms with Crippen LogP contribution in [0, 0.1) is 0 Å². The number of anilines is 1. The average Bonchev–Trinajstić information content (AvgIpc) is 2.85. The zero-order valence-electron chi connectivity index (χ0n) is 12.1. The fourth-order valence-corrected chi connectivity index (χ4v) is 3.22. The number of nitrogens with one attached hydrogen (secondary N) is 1. The molecule has 0 fully saturated rings. The Bertz CT molecular complexity index is 979. The molecule has 2 aromatic carbocycles. The van der Waals surface area contributed by atoms with E-state index in [1.165, 1.54) is 4.57 Å². The van der Waals surface area contributed by atoms with Crippen LogP contribution in [0.1, 0.15) is 11.6 Å². The molecule has 0 radical (unpaired) electrons. The fraction of sp³-hybridized carbons (Fsp3) is 0.111. The van der Waals surface area contributed by atoms with E-state index in [1.54, 1.807) is 18.2 Å². The molecule has 2 heterocycles. The zero-order chi connectivity index (χ0) is 16.0. The minimum absolute atomic E-state index is 0.160. The molecule has 1 unspecified atom stereocenters. The van der Waals surface area contributed by atoms with Crippen molar-refractivity contribution in [1.82, 2.24) is 4.57 Å². The minimum atomic E-state index is -0.539. The number of aromatic nitrogens is 1. The lowest BCUT2D eigenvalue weighted by Crippen LogP contribution is -2.26. The van der Waals surface area contributed by atoms with Crippen LogP contribution in [0.25, 0.3) is 10.8 Å². The van der Waals surface area contributed by atoms with Crippen molar-refractivity contribution < 1.29 is 4.79 Å². The largest absolute Gasteiger partial charge is 0.310 e. The van der Waals surface area contributed by atoms with Gasteiger partial charge in [-0.2, -0.15) is 0 Å². The number of carbonyl (C=O) groups excluding carboxylic acids is 1. The molecule has 0 saturated carbocycles. The topological polar surface area (TPSA) is 51.1 Å². The molecular weight excluding hydrogens is 312 g/mol. The van der Waals surface area contributed by atoms with Gasteiger partial charge in [0.15, 0.2) is 0 Å². The number of halogens is 1. The maximum atomic E-state index is 12.8. The summed E-state index contributed by atoms with van der Waals surface area (Å²) in [6.45, 7) is 0. The van der Waals surface area contributed by atoms with Crippen LogP contribution >= 0.6 is 11.6 Å². The number of benzene rings is 2. The van der Waals surface area contributed by atoms with E-state index in [4.69, 9.17) is 11.6 Å². The predicted molar refractivity (Wildman–Crippen MR) is 91.0 cm³/mol. The first-order valence-electron chi connectivity index (χ1n) is 7.33. The van der Waals surface area contributed by atoms with Crippen LogP contribution in [0.2, 0.25) is 5.02 Å². The van der Waals surface area contributed by atoms with E-state index in [9.17, 15) is 9.59 Å². The van der Waals surface area contributed by atoms with Crippen LogP contribution in [-0.4, -0.2) is 10.5 Å². The standard InChI is InChI=1S/C18H13ClN2O2/c19-13-7-6-12-9-16-20-17(22)15(8-11-4-2-1-3-5-11)21(16)18(23)14(12)10-13/h1-7,9-10,15H,8H2,(H,20,22). The molecule has 1 aromatic heterocycles. The maximum Gasteiger partial charge on any atom is 0.260 e. The third kappa shape index (κ3) is 2.32. The van der Waals surface area contributed by atoms with Crippen molar-refractivity contribution in [1.29, 1.82) is 0 Å². The molecule has 0 bridgehead atoms. The van der Waals surface area contributed by atoms with Crippen LogP contribution in [0.3, 0.4) is 0 Å². The van der Waals surface area contributed by atoms with Gasteiger partial charge in [0, 0.05) is 16.8 Å². The highest BCUT2D eigenvalue weighted by atomic mass is 35.5. The third-order valence-electron chi connectivity index (χ3n) is 4.15. The Morgan fingerprint density at radius 1 is 1.04 bits per heavy atom. The summed E-state index contributed by atoms with van der Waals surface area (Å²) in [7, 11) is 0. The molecule has 3 aromatic rings. The summed E-state index contributed by atoms with van der Waals surface area (Å²) in [6.07, 6.45) is 0.478. The highest BCUT2D eigenvalue weighted by molar-refractivity contribution is 6.31. The first kappa shape index (κ1) is 14.0. The molecule has 0 spiro atoms. The van der Waals surface area contributed by atoms with Gasteiger partial charge in [0.1, 0.15) is 11.9 Å². The fourth-order valence-electron chi connectivity index (χ4n) is 3.05. The van der Waals surface area contributed by atoms with E-state index in [-0.39, 0.29) is 11.5 Å². The average molecular weight is 325 g/mol. The van der Waals surface area contributed by atoms with E-state index in [2.05, 4.69) is 5.32 Å². The smallest absolute Gasteiger partial charge is 0.260 e. The molecule has 4 nitrogen and oxygen atoms in total. The molecule has 1 N–H and O–H groups in total. The minimum Gasteiger partial charge on any atom is -0.310 e. The molecule has 1 amide bonds. The maximum absolute atomic E-state index is 12.8. The summed E-state index contributed by atoms with van der Waals surface area (Å²) in [6, 6.07) is 16.1. The summed E-state index contributed by atoms with van der Waals surface area (Å²) in [5.74, 6) is 0.378. The van der Waals surface area contributed by atoms with E-state index < -0.39 is 6.04 Å². The van der Waals surface area contributed by atoms with Gasteiger partial charge in [0.05, 0.1) is 0 Å². The number of nitrogens with zero attached hydrogens (tertiary/aromatic N) is 1. The van der Waals surface area contributed by atoms with Gasteiger partial charge in [0.2, 0.25) is 5.91 Å². The van der Waals surface area contributed by atoms with Crippen molar-refractivity contribution in [2.24, 2.45) is 0 Å². The van der Waals surface area contributed by atoms with Crippen LogP contribution in [-0.2, 0) is 11.2 Å². The predicted octanol–water partition coefficient (Wildman–Crippen LogP) is 3.39. The Balaban J connectivity index is 1.87. The Morgan fingerprint density at radius 3 is 2.61 bits per heavy atom. The van der Waals surface area contributed by atoms with E-state index in [0.717, 1.165) is 10.9 Å². The summed E-state index contributed by atoms with van der Waals surface area (Å²) < 4.78 is 1.54.